The number of aliphatic hydroxyl groups excluding tert-OH is 1. The Morgan fingerprint density at radius 2 is 1.88 bits per heavy atom. The molecule has 2 aliphatic rings. The highest BCUT2D eigenvalue weighted by atomic mass is 28.4. The second kappa shape index (κ2) is 6.89. The molecule has 0 aliphatic heterocycles. The molecule has 0 bridgehead atoms. The normalized spacial score (nSPS) is 36.9. The summed E-state index contributed by atoms with van der Waals surface area (Å²) >= 11 is 0. The van der Waals surface area contributed by atoms with Crippen LogP contribution >= 0.6 is 0 Å². The van der Waals surface area contributed by atoms with Gasteiger partial charge in [-0.15, -0.1) is 6.58 Å². The third-order valence-electron chi connectivity index (χ3n) is 7.80. The summed E-state index contributed by atoms with van der Waals surface area (Å²) in [4.78, 5) is 0. The molecular weight excluding hydrogens is 312 g/mol. The maximum Gasteiger partial charge on any atom is 0.192 e. The monoisotopic (exact) mass is 352 g/mol. The van der Waals surface area contributed by atoms with Gasteiger partial charge in [0, 0.05) is 6.10 Å². The lowest BCUT2D eigenvalue weighted by Gasteiger charge is -2.50. The molecule has 1 N–H and O–H groups in total. The van der Waals surface area contributed by atoms with Crippen LogP contribution < -0.4 is 0 Å². The molecular formula is C21H40O2Si. The lowest BCUT2D eigenvalue weighted by molar-refractivity contribution is -0.0328. The van der Waals surface area contributed by atoms with E-state index in [0.717, 1.165) is 0 Å². The first-order valence-corrected chi connectivity index (χ1v) is 12.8. The summed E-state index contributed by atoms with van der Waals surface area (Å²) in [6.07, 6.45) is 8.01. The van der Waals surface area contributed by atoms with Crippen molar-refractivity contribution < 1.29 is 9.53 Å². The number of aliphatic hydroxyl groups is 1. The van der Waals surface area contributed by atoms with Crippen LogP contribution in [-0.4, -0.2) is 25.6 Å². The molecule has 6 atom stereocenters. The van der Waals surface area contributed by atoms with Crippen molar-refractivity contribution in [3.05, 3.63) is 12.7 Å². The Morgan fingerprint density at radius 3 is 2.42 bits per heavy atom. The van der Waals surface area contributed by atoms with E-state index in [2.05, 4.69) is 54.3 Å². The van der Waals surface area contributed by atoms with E-state index in [1.807, 2.05) is 0 Å². The van der Waals surface area contributed by atoms with Gasteiger partial charge in [0.2, 0.25) is 0 Å². The molecule has 0 radical (unpaired) electrons. The van der Waals surface area contributed by atoms with Crippen LogP contribution in [0.3, 0.4) is 0 Å². The number of rotatable bonds is 5. The fourth-order valence-corrected chi connectivity index (χ4v) is 6.57. The zero-order chi connectivity index (χ0) is 18.3. The summed E-state index contributed by atoms with van der Waals surface area (Å²) in [6.45, 7) is 20.3. The third-order valence-corrected chi connectivity index (χ3v) is 12.3. The summed E-state index contributed by atoms with van der Waals surface area (Å²) in [6, 6.07) is 0. The molecule has 2 fully saturated rings. The zero-order valence-corrected chi connectivity index (χ0v) is 18.1. The van der Waals surface area contributed by atoms with Crippen LogP contribution in [0.25, 0.3) is 0 Å². The van der Waals surface area contributed by atoms with Crippen molar-refractivity contribution in [2.24, 2.45) is 23.2 Å². The summed E-state index contributed by atoms with van der Waals surface area (Å²) in [7, 11) is -1.73. The average Bonchev–Trinajstić information content (AvgIpc) is 2.82. The van der Waals surface area contributed by atoms with Crippen LogP contribution in [-0.2, 0) is 4.43 Å². The number of hydrogen-bond donors (Lipinski definition) is 1. The first kappa shape index (κ1) is 20.2. The fourth-order valence-electron chi connectivity index (χ4n) is 5.17. The Balaban J connectivity index is 2.19. The lowest BCUT2D eigenvalue weighted by Crippen LogP contribution is -2.50. The number of fused-ring (bicyclic) bond motifs is 1. The van der Waals surface area contributed by atoms with Crippen LogP contribution in [0, 0.1) is 23.2 Å². The quantitative estimate of drug-likeness (QED) is 0.502. The van der Waals surface area contributed by atoms with Gasteiger partial charge in [0.1, 0.15) is 0 Å². The predicted octanol–water partition coefficient (Wildman–Crippen LogP) is 5.78. The molecule has 0 aromatic heterocycles. The van der Waals surface area contributed by atoms with Crippen molar-refractivity contribution in [2.45, 2.75) is 97.1 Å². The third kappa shape index (κ3) is 3.54. The molecule has 3 heteroatoms. The van der Waals surface area contributed by atoms with Crippen LogP contribution in [0.2, 0.25) is 18.1 Å². The van der Waals surface area contributed by atoms with Gasteiger partial charge >= 0.3 is 0 Å². The van der Waals surface area contributed by atoms with Gasteiger partial charge in [-0.2, -0.15) is 0 Å². The second-order valence-electron chi connectivity index (χ2n) is 10.2. The van der Waals surface area contributed by atoms with Crippen LogP contribution in [0.1, 0.15) is 66.7 Å². The van der Waals surface area contributed by atoms with E-state index in [-0.39, 0.29) is 11.1 Å². The summed E-state index contributed by atoms with van der Waals surface area (Å²) in [5, 5.41) is 10.6. The van der Waals surface area contributed by atoms with Crippen LogP contribution in [0.15, 0.2) is 12.7 Å². The fraction of sp³-hybridized carbons (Fsp3) is 0.905. The van der Waals surface area contributed by atoms with E-state index in [1.54, 1.807) is 6.08 Å². The molecule has 0 unspecified atom stereocenters. The van der Waals surface area contributed by atoms with E-state index in [4.69, 9.17) is 4.43 Å². The van der Waals surface area contributed by atoms with Crippen LogP contribution in [0.4, 0.5) is 0 Å². The molecule has 24 heavy (non-hydrogen) atoms. The highest BCUT2D eigenvalue weighted by Gasteiger charge is 2.55. The van der Waals surface area contributed by atoms with Gasteiger partial charge in [-0.25, -0.2) is 0 Å². The van der Waals surface area contributed by atoms with E-state index in [1.165, 1.54) is 32.1 Å². The summed E-state index contributed by atoms with van der Waals surface area (Å²) in [5.41, 5.74) is 0.314. The smallest absolute Gasteiger partial charge is 0.192 e. The van der Waals surface area contributed by atoms with Gasteiger partial charge in [-0.3, -0.25) is 0 Å². The number of hydrogen-bond acceptors (Lipinski definition) is 2. The Morgan fingerprint density at radius 1 is 1.25 bits per heavy atom. The molecule has 0 aromatic rings. The van der Waals surface area contributed by atoms with E-state index >= 15 is 0 Å². The van der Waals surface area contributed by atoms with E-state index in [0.29, 0.717) is 29.3 Å². The second-order valence-corrected chi connectivity index (χ2v) is 14.9. The first-order valence-electron chi connectivity index (χ1n) is 9.92. The maximum absolute atomic E-state index is 10.3. The molecule has 0 saturated heterocycles. The molecule has 2 saturated carbocycles. The van der Waals surface area contributed by atoms with Gasteiger partial charge < -0.3 is 9.53 Å². The molecule has 2 nitrogen and oxygen atoms in total. The van der Waals surface area contributed by atoms with Gasteiger partial charge in [0.05, 0.1) is 6.10 Å². The highest BCUT2D eigenvalue weighted by Crippen LogP contribution is 2.59. The lowest BCUT2D eigenvalue weighted by atomic mass is 9.61. The van der Waals surface area contributed by atoms with E-state index < -0.39 is 8.32 Å². The largest absolute Gasteiger partial charge is 0.414 e. The summed E-state index contributed by atoms with van der Waals surface area (Å²) in [5.74, 6) is 1.54. The van der Waals surface area contributed by atoms with Crippen molar-refractivity contribution in [1.29, 1.82) is 0 Å². The van der Waals surface area contributed by atoms with Crippen molar-refractivity contribution in [2.75, 3.05) is 0 Å². The summed E-state index contributed by atoms with van der Waals surface area (Å²) < 4.78 is 6.89. The highest BCUT2D eigenvalue weighted by molar-refractivity contribution is 6.74. The minimum absolute atomic E-state index is 0.269. The molecule has 0 spiro atoms. The van der Waals surface area contributed by atoms with Crippen molar-refractivity contribution in [3.63, 3.8) is 0 Å². The minimum atomic E-state index is -1.73. The maximum atomic E-state index is 10.3. The van der Waals surface area contributed by atoms with Crippen molar-refractivity contribution in [3.8, 4) is 0 Å². The molecule has 0 heterocycles. The standard InChI is InChI=1S/C21H40O2Si/c1-9-18(22)15(2)16-12-13-17-19(11-10-14-21(16,17)6)23-24(7,8)20(3,4)5/h9,15-19,22H,1,10-14H2,2-8H3/t15-,16+,17-,18+,19-,21+/m0/s1. The first-order chi connectivity index (χ1) is 10.9. The Hall–Kier alpha value is -0.123. The van der Waals surface area contributed by atoms with Gasteiger partial charge in [-0.1, -0.05) is 47.1 Å². The van der Waals surface area contributed by atoms with Crippen molar-refractivity contribution in [1.82, 2.24) is 0 Å². The van der Waals surface area contributed by atoms with Gasteiger partial charge in [0.15, 0.2) is 8.32 Å². The Labute approximate surface area is 151 Å². The van der Waals surface area contributed by atoms with E-state index in [9.17, 15) is 5.11 Å². The minimum Gasteiger partial charge on any atom is -0.414 e. The molecule has 0 amide bonds. The van der Waals surface area contributed by atoms with Crippen LogP contribution in [0.5, 0.6) is 0 Å². The van der Waals surface area contributed by atoms with Gasteiger partial charge in [-0.05, 0) is 67.0 Å². The molecule has 140 valence electrons. The Bertz CT molecular complexity index is 453. The zero-order valence-electron chi connectivity index (χ0n) is 17.1. The topological polar surface area (TPSA) is 29.5 Å². The average molecular weight is 353 g/mol. The van der Waals surface area contributed by atoms with Crippen molar-refractivity contribution >= 4 is 8.32 Å². The van der Waals surface area contributed by atoms with Gasteiger partial charge in [0.25, 0.3) is 0 Å². The SMILES string of the molecule is C=C[C@@H](O)[C@@H](C)[C@H]1CC[C@H]2[C@@H](O[Si](C)(C)C(C)(C)C)CCC[C@]12C. The predicted molar refractivity (Wildman–Crippen MR) is 106 cm³/mol. The molecule has 2 rings (SSSR count). The molecule has 0 aromatic carbocycles. The molecule has 2 aliphatic carbocycles. The Kier molecular flexibility index (Phi) is 5.79.